The molecule has 0 saturated carbocycles. The van der Waals surface area contributed by atoms with Gasteiger partial charge in [0.15, 0.2) is 0 Å². The van der Waals surface area contributed by atoms with Crippen molar-refractivity contribution >= 4 is 39.3 Å². The monoisotopic (exact) mass is 724 g/mol. The number of aliphatic imine (C=N–C) groups is 1. The van der Waals surface area contributed by atoms with Gasteiger partial charge in [0.05, 0.1) is 0 Å². The molecule has 3 aromatic rings. The molecule has 0 aliphatic heterocycles. The first kappa shape index (κ1) is 42.2. The van der Waals surface area contributed by atoms with E-state index in [0.29, 0.717) is 32.8 Å². The SMILES string of the molecule is CC(C)C[C@H](NC(=O)[C@H](Cc1ccccc1)C[C@@H](O[Si](C)(C)C(C)(C)C)[C@H](Cc1ccccc1)N=CB=O)C(=O)N[C@@H](Cc1ccccc1)C(N)=O. The van der Waals surface area contributed by atoms with Crippen molar-refractivity contribution in [3.63, 3.8) is 0 Å². The van der Waals surface area contributed by atoms with Gasteiger partial charge in [-0.05, 0) is 5.56 Å². The van der Waals surface area contributed by atoms with Crippen molar-refractivity contribution in [1.29, 1.82) is 0 Å². The second-order valence-corrected chi connectivity index (χ2v) is 20.3. The molecule has 3 amide bonds. The molecule has 0 aliphatic carbocycles. The number of nitrogens with one attached hydrogen (secondary N) is 2. The standard InChI is InChI=1S/C41H57BN4O5Si/c1-29(2)23-36(40(49)45-35(38(43)47)26-32-21-15-10-16-22-32)46-39(48)33(24-30-17-11-8-12-18-30)27-37(51-52(6,7)41(3,4)5)34(44-28-42-50)25-31-19-13-9-14-20-31/h8-22,28-29,33-37H,23-27H2,1-7H3,(H2,43,47)(H,45,49)(H,46,48)/t33-,34+,35+,36+,37-/m1/s1. The molecule has 11 heteroatoms. The number of nitrogens with zero attached hydrogens (tertiary/aromatic N) is 1. The Morgan fingerprint density at radius 2 is 1.25 bits per heavy atom. The molecule has 0 heterocycles. The third kappa shape index (κ3) is 13.7. The number of nitrogens with two attached hydrogens (primary N) is 1. The van der Waals surface area contributed by atoms with Crippen molar-refractivity contribution in [1.82, 2.24) is 10.6 Å². The second kappa shape index (κ2) is 20.1. The first-order chi connectivity index (χ1) is 24.6. The first-order valence-corrected chi connectivity index (χ1v) is 21.2. The molecule has 4 N–H and O–H groups in total. The van der Waals surface area contributed by atoms with Crippen molar-refractivity contribution in [3.8, 4) is 0 Å². The minimum absolute atomic E-state index is 0.0624. The summed E-state index contributed by atoms with van der Waals surface area (Å²) in [6, 6.07) is 26.7. The van der Waals surface area contributed by atoms with E-state index in [4.69, 9.17) is 15.2 Å². The number of benzene rings is 3. The Kier molecular flexibility index (Phi) is 16.3. The number of carbonyl (C=O) groups excluding carboxylic acids is 3. The fourth-order valence-electron chi connectivity index (χ4n) is 5.92. The zero-order chi connectivity index (χ0) is 38.3. The van der Waals surface area contributed by atoms with Crippen LogP contribution in [0.3, 0.4) is 0 Å². The molecular weight excluding hydrogens is 667 g/mol. The third-order valence-corrected chi connectivity index (χ3v) is 14.3. The maximum atomic E-state index is 14.5. The van der Waals surface area contributed by atoms with E-state index < -0.39 is 50.3 Å². The van der Waals surface area contributed by atoms with Gasteiger partial charge in [-0.1, -0.05) is 30.3 Å². The van der Waals surface area contributed by atoms with Crippen molar-refractivity contribution in [2.75, 3.05) is 0 Å². The van der Waals surface area contributed by atoms with Crippen molar-refractivity contribution in [2.24, 2.45) is 22.6 Å². The summed E-state index contributed by atoms with van der Waals surface area (Å²) in [7, 11) is -1.75. The van der Waals surface area contributed by atoms with Gasteiger partial charge in [-0.2, -0.15) is 0 Å². The average molecular weight is 725 g/mol. The molecule has 0 saturated heterocycles. The predicted molar refractivity (Wildman–Crippen MR) is 212 cm³/mol. The van der Waals surface area contributed by atoms with Crippen LogP contribution in [0.15, 0.2) is 96.0 Å². The van der Waals surface area contributed by atoms with Gasteiger partial charge in [0.25, 0.3) is 0 Å². The van der Waals surface area contributed by atoms with E-state index in [2.05, 4.69) is 44.5 Å². The van der Waals surface area contributed by atoms with Crippen molar-refractivity contribution in [2.45, 2.75) is 109 Å². The zero-order valence-electron chi connectivity index (χ0n) is 31.9. The Morgan fingerprint density at radius 1 is 0.769 bits per heavy atom. The number of amides is 3. The van der Waals surface area contributed by atoms with Gasteiger partial charge in [0.2, 0.25) is 5.91 Å². The molecule has 52 heavy (non-hydrogen) atoms. The van der Waals surface area contributed by atoms with E-state index in [1.165, 1.54) is 6.11 Å². The Balaban J connectivity index is 2.00. The number of primary amides is 1. The maximum absolute atomic E-state index is 14.5. The van der Waals surface area contributed by atoms with Gasteiger partial charge in [-0.3, -0.25) is 4.79 Å². The molecule has 0 radical (unpaired) electrons. The van der Waals surface area contributed by atoms with Crippen molar-refractivity contribution < 1.29 is 23.5 Å². The number of hydrogen-bond donors (Lipinski definition) is 3. The molecule has 0 bridgehead atoms. The molecule has 3 aromatic carbocycles. The number of hydrogen-bond acceptors (Lipinski definition) is 6. The van der Waals surface area contributed by atoms with Crippen molar-refractivity contribution in [3.05, 3.63) is 108 Å². The molecule has 0 aromatic heterocycles. The van der Waals surface area contributed by atoms with Crippen LogP contribution in [0.4, 0.5) is 0 Å². The quantitative estimate of drug-likeness (QED) is 0.0961. The summed E-state index contributed by atoms with van der Waals surface area (Å²) in [5, 5.41) is 5.75. The van der Waals surface area contributed by atoms with E-state index in [9.17, 15) is 19.1 Å². The summed E-state index contributed by atoms with van der Waals surface area (Å²) in [4.78, 5) is 45.5. The van der Waals surface area contributed by atoms with E-state index in [0.717, 1.165) is 16.7 Å². The molecule has 0 fully saturated rings. The van der Waals surface area contributed by atoms with E-state index in [1.54, 1.807) is 0 Å². The molecular formula is C41H57BN4O5Si. The van der Waals surface area contributed by atoms with Crippen LogP contribution < -0.4 is 16.4 Å². The fourth-order valence-corrected chi connectivity index (χ4v) is 7.28. The van der Waals surface area contributed by atoms with Crippen LogP contribution in [-0.2, 0) is 42.8 Å². The normalized spacial score (nSPS) is 14.9. The van der Waals surface area contributed by atoms with Crippen LogP contribution in [0.1, 0.15) is 64.2 Å². The molecule has 0 spiro atoms. The van der Waals surface area contributed by atoms with E-state index in [-0.39, 0.29) is 23.3 Å². The minimum Gasteiger partial charge on any atom is -0.368 e. The smallest absolute Gasteiger partial charge is 0.368 e. The van der Waals surface area contributed by atoms with Gasteiger partial charge in [0, 0.05) is 6.42 Å². The Bertz CT molecular complexity index is 1600. The van der Waals surface area contributed by atoms with Gasteiger partial charge in [0.1, 0.15) is 0 Å². The Hall–Kier alpha value is -4.22. The predicted octanol–water partition coefficient (Wildman–Crippen LogP) is 6.06. The van der Waals surface area contributed by atoms with Gasteiger partial charge >= 0.3 is 254 Å². The number of rotatable bonds is 20. The summed E-state index contributed by atoms with van der Waals surface area (Å²) in [6.07, 6.45) is 2.56. The second-order valence-electron chi connectivity index (χ2n) is 15.6. The molecule has 278 valence electrons. The summed E-state index contributed by atoms with van der Waals surface area (Å²) in [5.74, 6) is -1.97. The van der Waals surface area contributed by atoms with Crippen LogP contribution in [0.2, 0.25) is 18.1 Å². The number of carbonyl (C=O) groups is 3. The fraction of sp³-hybridized carbons (Fsp3) is 0.463. The summed E-state index contributed by atoms with van der Waals surface area (Å²) in [5.41, 5.74) is 8.60. The van der Waals surface area contributed by atoms with E-state index in [1.807, 2.05) is 105 Å². The van der Waals surface area contributed by atoms with Crippen LogP contribution in [0, 0.1) is 11.8 Å². The third-order valence-electron chi connectivity index (χ3n) is 9.80. The topological polar surface area (TPSA) is 140 Å². The van der Waals surface area contributed by atoms with Crippen LogP contribution in [-0.4, -0.2) is 63.5 Å². The molecule has 9 nitrogen and oxygen atoms in total. The average Bonchev–Trinajstić information content (AvgIpc) is 3.09. The molecule has 5 atom stereocenters. The molecule has 0 aliphatic rings. The molecule has 0 unspecified atom stereocenters. The summed E-state index contributed by atoms with van der Waals surface area (Å²) in [6.45, 7) is 14.8. The van der Waals surface area contributed by atoms with Gasteiger partial charge < -0.3 is 5.73 Å². The van der Waals surface area contributed by atoms with Crippen LogP contribution in [0.25, 0.3) is 0 Å². The Morgan fingerprint density at radius 3 is 1.71 bits per heavy atom. The van der Waals surface area contributed by atoms with Crippen LogP contribution >= 0.6 is 0 Å². The minimum atomic E-state index is -2.42. The zero-order valence-corrected chi connectivity index (χ0v) is 32.9. The first-order valence-electron chi connectivity index (χ1n) is 18.3. The van der Waals surface area contributed by atoms with E-state index >= 15 is 0 Å². The Labute approximate surface area is 312 Å². The van der Waals surface area contributed by atoms with Crippen LogP contribution in [0.5, 0.6) is 0 Å². The molecule has 3 rings (SSSR count). The van der Waals surface area contributed by atoms with Gasteiger partial charge in [-0.15, -0.1) is 0 Å². The summed E-state index contributed by atoms with van der Waals surface area (Å²) >= 11 is 0. The summed E-state index contributed by atoms with van der Waals surface area (Å²) < 4.78 is 18.7. The van der Waals surface area contributed by atoms with Gasteiger partial charge in [-0.25, -0.2) is 0 Å².